The first-order valence-electron chi connectivity index (χ1n) is 6.02. The fourth-order valence-corrected chi connectivity index (χ4v) is 1.21. The molecule has 0 radical (unpaired) electrons. The Kier molecular flexibility index (Phi) is 5.66. The maximum absolute atomic E-state index is 11.5. The molecule has 0 aliphatic heterocycles. The summed E-state index contributed by atoms with van der Waals surface area (Å²) in [6.07, 6.45) is -0.510. The van der Waals surface area contributed by atoms with Crippen molar-refractivity contribution in [1.82, 2.24) is 5.32 Å². The molecule has 19 heavy (non-hydrogen) atoms. The van der Waals surface area contributed by atoms with E-state index < -0.39 is 12.2 Å². The predicted octanol–water partition coefficient (Wildman–Crippen LogP) is 2.75. The zero-order valence-electron chi connectivity index (χ0n) is 11.2. The average Bonchev–Trinajstić information content (AvgIpc) is 2.38. The number of nitrogens with one attached hydrogen (secondary N) is 2. The Morgan fingerprint density at radius 1 is 1.32 bits per heavy atom. The van der Waals surface area contributed by atoms with Crippen molar-refractivity contribution in [2.24, 2.45) is 0 Å². The molecule has 0 heterocycles. The zero-order chi connectivity index (χ0) is 14.3. The fraction of sp³-hybridized carbons (Fsp3) is 0.385. The van der Waals surface area contributed by atoms with Gasteiger partial charge in [-0.15, -0.1) is 0 Å². The molecule has 0 aromatic heterocycles. The number of carbonyl (C=O) groups excluding carboxylic acids is 2. The molecule has 0 aliphatic rings. The Hall–Kier alpha value is -2.24. The van der Waals surface area contributed by atoms with E-state index in [4.69, 9.17) is 9.47 Å². The highest BCUT2D eigenvalue weighted by atomic mass is 16.6. The number of amides is 2. The number of hydrogen-bond donors (Lipinski definition) is 2. The lowest BCUT2D eigenvalue weighted by atomic mass is 10.3. The van der Waals surface area contributed by atoms with Crippen molar-refractivity contribution in [1.29, 1.82) is 0 Å². The second-order valence-electron chi connectivity index (χ2n) is 3.92. The van der Waals surface area contributed by atoms with Gasteiger partial charge in [0.25, 0.3) is 0 Å². The summed E-state index contributed by atoms with van der Waals surface area (Å²) in [5.74, 6) is 0.334. The third kappa shape index (κ3) is 5.29. The van der Waals surface area contributed by atoms with E-state index >= 15 is 0 Å². The van der Waals surface area contributed by atoms with E-state index in [9.17, 15) is 9.59 Å². The lowest BCUT2D eigenvalue weighted by Crippen LogP contribution is -2.22. The molecule has 0 aliphatic carbocycles. The van der Waals surface area contributed by atoms with E-state index in [1.807, 2.05) is 13.8 Å². The van der Waals surface area contributed by atoms with Gasteiger partial charge in [0.2, 0.25) is 0 Å². The molecule has 0 spiro atoms. The van der Waals surface area contributed by atoms with Gasteiger partial charge in [0.05, 0.1) is 0 Å². The molecule has 6 nitrogen and oxygen atoms in total. The van der Waals surface area contributed by atoms with E-state index in [0.717, 1.165) is 6.42 Å². The van der Waals surface area contributed by atoms with Crippen molar-refractivity contribution in [3.63, 3.8) is 0 Å². The highest BCUT2D eigenvalue weighted by Crippen LogP contribution is 2.17. The Labute approximate surface area is 112 Å². The molecular weight excluding hydrogens is 248 g/mol. The van der Waals surface area contributed by atoms with Crippen molar-refractivity contribution in [3.05, 3.63) is 24.3 Å². The number of benzene rings is 1. The lowest BCUT2D eigenvalue weighted by molar-refractivity contribution is 0.118. The van der Waals surface area contributed by atoms with Crippen LogP contribution in [0.5, 0.6) is 5.75 Å². The first-order chi connectivity index (χ1) is 9.05. The quantitative estimate of drug-likeness (QED) is 0.878. The van der Waals surface area contributed by atoms with E-state index in [0.29, 0.717) is 11.4 Å². The van der Waals surface area contributed by atoms with Gasteiger partial charge in [-0.2, -0.15) is 0 Å². The SMILES string of the molecule is CC[C@@H](C)OC(=O)Nc1cccc(OC(=O)NC)c1. The summed E-state index contributed by atoms with van der Waals surface area (Å²) in [7, 11) is 1.47. The van der Waals surface area contributed by atoms with Gasteiger partial charge in [-0.05, 0) is 25.5 Å². The van der Waals surface area contributed by atoms with Crippen molar-refractivity contribution >= 4 is 17.9 Å². The van der Waals surface area contributed by atoms with Crippen LogP contribution in [0.2, 0.25) is 0 Å². The lowest BCUT2D eigenvalue weighted by Gasteiger charge is -2.12. The fourth-order valence-electron chi connectivity index (χ4n) is 1.21. The molecule has 1 aromatic rings. The van der Waals surface area contributed by atoms with Crippen molar-refractivity contribution in [3.8, 4) is 5.75 Å². The second kappa shape index (κ2) is 7.25. The minimum Gasteiger partial charge on any atom is -0.446 e. The van der Waals surface area contributed by atoms with Crippen molar-refractivity contribution in [2.75, 3.05) is 12.4 Å². The molecule has 0 saturated heterocycles. The Morgan fingerprint density at radius 2 is 2.05 bits per heavy atom. The van der Waals surface area contributed by atoms with E-state index in [-0.39, 0.29) is 6.10 Å². The zero-order valence-corrected chi connectivity index (χ0v) is 11.2. The molecule has 0 bridgehead atoms. The van der Waals surface area contributed by atoms with Gasteiger partial charge in [0, 0.05) is 18.8 Å². The Bertz CT molecular complexity index is 448. The predicted molar refractivity (Wildman–Crippen MR) is 71.4 cm³/mol. The van der Waals surface area contributed by atoms with Gasteiger partial charge < -0.3 is 14.8 Å². The van der Waals surface area contributed by atoms with Gasteiger partial charge in [-0.1, -0.05) is 13.0 Å². The Morgan fingerprint density at radius 3 is 2.68 bits per heavy atom. The monoisotopic (exact) mass is 266 g/mol. The highest BCUT2D eigenvalue weighted by molar-refractivity contribution is 5.85. The third-order valence-electron chi connectivity index (χ3n) is 2.38. The number of hydrogen-bond acceptors (Lipinski definition) is 4. The second-order valence-corrected chi connectivity index (χ2v) is 3.92. The maximum Gasteiger partial charge on any atom is 0.412 e. The molecule has 1 rings (SSSR count). The number of rotatable bonds is 4. The molecule has 0 unspecified atom stereocenters. The van der Waals surface area contributed by atoms with Crippen LogP contribution in [0.25, 0.3) is 0 Å². The van der Waals surface area contributed by atoms with Crippen LogP contribution >= 0.6 is 0 Å². The van der Waals surface area contributed by atoms with Gasteiger partial charge in [-0.25, -0.2) is 9.59 Å². The summed E-state index contributed by atoms with van der Waals surface area (Å²) in [5.41, 5.74) is 0.495. The smallest absolute Gasteiger partial charge is 0.412 e. The summed E-state index contributed by atoms with van der Waals surface area (Å²) in [6, 6.07) is 6.49. The van der Waals surface area contributed by atoms with E-state index in [1.54, 1.807) is 18.2 Å². The molecule has 104 valence electrons. The normalized spacial score (nSPS) is 11.3. The number of anilines is 1. The van der Waals surface area contributed by atoms with Crippen LogP contribution in [0.15, 0.2) is 24.3 Å². The summed E-state index contributed by atoms with van der Waals surface area (Å²) < 4.78 is 10.0. The van der Waals surface area contributed by atoms with Crippen LogP contribution in [-0.4, -0.2) is 25.3 Å². The Balaban J connectivity index is 2.61. The largest absolute Gasteiger partial charge is 0.446 e. The number of carbonyl (C=O) groups is 2. The summed E-state index contributed by atoms with van der Waals surface area (Å²) >= 11 is 0. The van der Waals surface area contributed by atoms with Crippen molar-refractivity contribution in [2.45, 2.75) is 26.4 Å². The standard InChI is InChI=1S/C13H18N2O4/c1-4-9(2)18-13(17)15-10-6-5-7-11(8-10)19-12(16)14-3/h5-9H,4H2,1-3H3,(H,14,16)(H,15,17)/t9-/m1/s1. The number of ether oxygens (including phenoxy) is 2. The van der Waals surface area contributed by atoms with Crippen LogP contribution in [-0.2, 0) is 4.74 Å². The molecule has 0 saturated carbocycles. The minimum absolute atomic E-state index is 0.148. The molecule has 2 amide bonds. The van der Waals surface area contributed by atoms with Gasteiger partial charge >= 0.3 is 12.2 Å². The molecule has 1 aromatic carbocycles. The van der Waals surface area contributed by atoms with E-state index in [1.165, 1.54) is 13.1 Å². The summed E-state index contributed by atoms with van der Waals surface area (Å²) in [4.78, 5) is 22.6. The van der Waals surface area contributed by atoms with Crippen LogP contribution < -0.4 is 15.4 Å². The van der Waals surface area contributed by atoms with E-state index in [2.05, 4.69) is 10.6 Å². The average molecular weight is 266 g/mol. The van der Waals surface area contributed by atoms with Crippen molar-refractivity contribution < 1.29 is 19.1 Å². The summed E-state index contributed by atoms with van der Waals surface area (Å²) in [6.45, 7) is 3.74. The van der Waals surface area contributed by atoms with Gasteiger partial charge in [-0.3, -0.25) is 5.32 Å². The topological polar surface area (TPSA) is 76.7 Å². The van der Waals surface area contributed by atoms with Crippen LogP contribution in [0.4, 0.5) is 15.3 Å². The molecule has 6 heteroatoms. The maximum atomic E-state index is 11.5. The third-order valence-corrected chi connectivity index (χ3v) is 2.38. The molecule has 0 fully saturated rings. The van der Waals surface area contributed by atoms with Gasteiger partial charge in [0.1, 0.15) is 11.9 Å². The first-order valence-corrected chi connectivity index (χ1v) is 6.02. The highest BCUT2D eigenvalue weighted by Gasteiger charge is 2.08. The van der Waals surface area contributed by atoms with Crippen LogP contribution in [0.1, 0.15) is 20.3 Å². The molecule has 1 atom stereocenters. The summed E-state index contributed by atoms with van der Waals surface area (Å²) in [5, 5.41) is 4.90. The first kappa shape index (κ1) is 14.8. The molecule has 2 N–H and O–H groups in total. The van der Waals surface area contributed by atoms with Crippen LogP contribution in [0.3, 0.4) is 0 Å². The minimum atomic E-state index is -0.570. The molecular formula is C13H18N2O4. The van der Waals surface area contributed by atoms with Gasteiger partial charge in [0.15, 0.2) is 0 Å². The van der Waals surface area contributed by atoms with Crippen LogP contribution in [0, 0.1) is 0 Å².